The lowest BCUT2D eigenvalue weighted by molar-refractivity contribution is -0.115. The van der Waals surface area contributed by atoms with Crippen molar-refractivity contribution >= 4 is 11.6 Å². The topological polar surface area (TPSA) is 43.4 Å². The van der Waals surface area contributed by atoms with E-state index in [1.807, 2.05) is 0 Å². The molecule has 3 aliphatic rings. The fourth-order valence-electron chi connectivity index (χ4n) is 2.31. The summed E-state index contributed by atoms with van der Waals surface area (Å²) in [5, 5.41) is 0. The van der Waals surface area contributed by atoms with Gasteiger partial charge in [-0.3, -0.25) is 9.59 Å². The summed E-state index contributed by atoms with van der Waals surface area (Å²) in [6.07, 6.45) is 3.08. The summed E-state index contributed by atoms with van der Waals surface area (Å²) in [6.45, 7) is 0. The van der Waals surface area contributed by atoms with Gasteiger partial charge in [-0.15, -0.1) is 0 Å². The summed E-state index contributed by atoms with van der Waals surface area (Å²) in [7, 11) is 0. The second-order valence-corrected chi connectivity index (χ2v) is 3.93. The van der Waals surface area contributed by atoms with Crippen molar-refractivity contribution in [3.63, 3.8) is 0 Å². The van der Waals surface area contributed by atoms with E-state index < -0.39 is 0 Å². The van der Waals surface area contributed by atoms with Gasteiger partial charge in [0.15, 0.2) is 11.6 Å². The van der Waals surface area contributed by atoms with Crippen LogP contribution in [0.4, 0.5) is 0 Å². The molecule has 3 heteroatoms. The second-order valence-electron chi connectivity index (χ2n) is 3.93. The van der Waals surface area contributed by atoms with E-state index in [1.54, 1.807) is 0 Å². The molecule has 0 aromatic heterocycles. The molecule has 0 unspecified atom stereocenters. The highest BCUT2D eigenvalue weighted by Crippen LogP contribution is 2.40. The van der Waals surface area contributed by atoms with Crippen LogP contribution in [0.3, 0.4) is 0 Å². The number of Topliss-reactive ketones (excluding diaryl/α,β-unsaturated/α-hetero) is 2. The Morgan fingerprint density at radius 2 is 1.29 bits per heavy atom. The lowest BCUT2D eigenvalue weighted by Crippen LogP contribution is -2.08. The van der Waals surface area contributed by atoms with Gasteiger partial charge < -0.3 is 4.74 Å². The first-order valence-electron chi connectivity index (χ1n) is 4.94. The number of allylic oxidation sites excluding steroid dienone is 4. The van der Waals surface area contributed by atoms with Gasteiger partial charge in [-0.1, -0.05) is 0 Å². The average molecular weight is 190 g/mol. The van der Waals surface area contributed by atoms with Gasteiger partial charge in [0.05, 0.1) is 0 Å². The molecule has 0 saturated heterocycles. The summed E-state index contributed by atoms with van der Waals surface area (Å²) < 4.78 is 5.59. The highest BCUT2D eigenvalue weighted by molar-refractivity contribution is 6.04. The minimum atomic E-state index is 0.159. The third kappa shape index (κ3) is 0.924. The maximum Gasteiger partial charge on any atom is 0.163 e. The van der Waals surface area contributed by atoms with E-state index in [0.717, 1.165) is 35.5 Å². The van der Waals surface area contributed by atoms with Crippen LogP contribution in [0, 0.1) is 0 Å². The number of hydrogen-bond acceptors (Lipinski definition) is 3. The Balaban J connectivity index is 1.98. The molecule has 3 nitrogen and oxygen atoms in total. The van der Waals surface area contributed by atoms with Crippen LogP contribution in [0.25, 0.3) is 0 Å². The Morgan fingerprint density at radius 3 is 1.79 bits per heavy atom. The Morgan fingerprint density at radius 1 is 0.786 bits per heavy atom. The fourth-order valence-corrected chi connectivity index (χ4v) is 2.31. The van der Waals surface area contributed by atoms with E-state index in [2.05, 4.69) is 0 Å². The summed E-state index contributed by atoms with van der Waals surface area (Å²) >= 11 is 0. The molecule has 0 atom stereocenters. The number of hydrogen-bond donors (Lipinski definition) is 0. The van der Waals surface area contributed by atoms with Crippen LogP contribution < -0.4 is 0 Å². The predicted molar refractivity (Wildman–Crippen MR) is 48.2 cm³/mol. The van der Waals surface area contributed by atoms with E-state index >= 15 is 0 Å². The molecule has 1 aliphatic heterocycles. The summed E-state index contributed by atoms with van der Waals surface area (Å²) in [5.41, 5.74) is 1.50. The highest BCUT2D eigenvalue weighted by Gasteiger charge is 2.35. The number of ether oxygens (including phenoxy) is 1. The van der Waals surface area contributed by atoms with Crippen LogP contribution in [-0.2, 0) is 14.3 Å². The van der Waals surface area contributed by atoms with E-state index in [-0.39, 0.29) is 11.6 Å². The molecule has 3 rings (SSSR count). The lowest BCUT2D eigenvalue weighted by atomic mass is 10.0. The van der Waals surface area contributed by atoms with Crippen molar-refractivity contribution in [2.24, 2.45) is 0 Å². The molecule has 0 radical (unpaired) electrons. The predicted octanol–water partition coefficient (Wildman–Crippen LogP) is 1.64. The Bertz CT molecular complexity index is 374. The molecule has 0 fully saturated rings. The van der Waals surface area contributed by atoms with Crippen molar-refractivity contribution in [3.05, 3.63) is 22.7 Å². The summed E-state index contributed by atoms with van der Waals surface area (Å²) in [6, 6.07) is 0. The maximum atomic E-state index is 11.4. The smallest absolute Gasteiger partial charge is 0.163 e. The van der Waals surface area contributed by atoms with Crippen LogP contribution in [0.15, 0.2) is 22.7 Å². The van der Waals surface area contributed by atoms with Crippen LogP contribution in [0.2, 0.25) is 0 Å². The van der Waals surface area contributed by atoms with Crippen molar-refractivity contribution in [2.45, 2.75) is 32.1 Å². The third-order valence-electron chi connectivity index (χ3n) is 3.10. The van der Waals surface area contributed by atoms with E-state index in [4.69, 9.17) is 4.74 Å². The zero-order chi connectivity index (χ0) is 9.71. The van der Waals surface area contributed by atoms with Gasteiger partial charge in [0, 0.05) is 43.3 Å². The van der Waals surface area contributed by atoms with Crippen LogP contribution in [0.5, 0.6) is 0 Å². The Hall–Kier alpha value is -1.38. The first-order valence-corrected chi connectivity index (χ1v) is 4.94. The molecule has 72 valence electrons. The SMILES string of the molecule is O=C1CCC2=C1CC1=C(CCC1=O)O2. The van der Waals surface area contributed by atoms with Gasteiger partial charge in [0.25, 0.3) is 0 Å². The van der Waals surface area contributed by atoms with E-state index in [9.17, 15) is 9.59 Å². The monoisotopic (exact) mass is 190 g/mol. The zero-order valence-electron chi connectivity index (χ0n) is 7.76. The van der Waals surface area contributed by atoms with Crippen molar-refractivity contribution in [1.29, 1.82) is 0 Å². The van der Waals surface area contributed by atoms with Crippen LogP contribution in [0.1, 0.15) is 32.1 Å². The fraction of sp³-hybridized carbons (Fsp3) is 0.455. The lowest BCUT2D eigenvalue weighted by Gasteiger charge is -2.16. The summed E-state index contributed by atoms with van der Waals surface area (Å²) in [5.74, 6) is 1.96. The van der Waals surface area contributed by atoms with Gasteiger partial charge in [-0.25, -0.2) is 0 Å². The number of carbonyl (C=O) groups excluding carboxylic acids is 2. The molecule has 0 aromatic rings. The third-order valence-corrected chi connectivity index (χ3v) is 3.10. The first-order chi connectivity index (χ1) is 6.75. The van der Waals surface area contributed by atoms with Crippen molar-refractivity contribution < 1.29 is 14.3 Å². The van der Waals surface area contributed by atoms with Crippen LogP contribution >= 0.6 is 0 Å². The molecule has 2 aliphatic carbocycles. The molecule has 1 heterocycles. The molecule has 0 amide bonds. The molecular weight excluding hydrogens is 180 g/mol. The van der Waals surface area contributed by atoms with Gasteiger partial charge in [-0.05, 0) is 0 Å². The minimum Gasteiger partial charge on any atom is -0.465 e. The highest BCUT2D eigenvalue weighted by atomic mass is 16.5. The van der Waals surface area contributed by atoms with Crippen molar-refractivity contribution in [2.75, 3.05) is 0 Å². The van der Waals surface area contributed by atoms with Gasteiger partial charge in [0.1, 0.15) is 11.5 Å². The molecule has 0 saturated carbocycles. The Kier molecular flexibility index (Phi) is 1.46. The first kappa shape index (κ1) is 7.97. The van der Waals surface area contributed by atoms with Crippen molar-refractivity contribution in [1.82, 2.24) is 0 Å². The van der Waals surface area contributed by atoms with Gasteiger partial charge in [-0.2, -0.15) is 0 Å². The second kappa shape index (κ2) is 2.56. The van der Waals surface area contributed by atoms with E-state index in [1.165, 1.54) is 0 Å². The normalized spacial score (nSPS) is 25.4. The average Bonchev–Trinajstić information content (AvgIpc) is 2.71. The molecule has 0 aromatic carbocycles. The molecule has 0 spiro atoms. The minimum absolute atomic E-state index is 0.159. The molecule has 14 heavy (non-hydrogen) atoms. The quantitative estimate of drug-likeness (QED) is 0.583. The van der Waals surface area contributed by atoms with E-state index in [0.29, 0.717) is 19.3 Å². The molecule has 0 bridgehead atoms. The number of carbonyl (C=O) groups is 2. The standard InChI is InChI=1S/C11H10O3/c12-8-1-3-10-6(8)5-7-9(13)2-4-11(7)14-10/h1-5H2. The van der Waals surface area contributed by atoms with Gasteiger partial charge >= 0.3 is 0 Å². The maximum absolute atomic E-state index is 11.4. The summed E-state index contributed by atoms with van der Waals surface area (Å²) in [4.78, 5) is 22.9. The number of rotatable bonds is 0. The Labute approximate surface area is 81.4 Å². The largest absolute Gasteiger partial charge is 0.465 e. The van der Waals surface area contributed by atoms with Crippen LogP contribution in [-0.4, -0.2) is 11.6 Å². The zero-order valence-corrected chi connectivity index (χ0v) is 7.76. The van der Waals surface area contributed by atoms with Gasteiger partial charge in [0.2, 0.25) is 0 Å². The number of ketones is 2. The van der Waals surface area contributed by atoms with Crippen molar-refractivity contribution in [3.8, 4) is 0 Å². The molecular formula is C11H10O3. The molecule has 0 N–H and O–H groups in total.